The topological polar surface area (TPSA) is 26.3 Å². The maximum Gasteiger partial charge on any atom is 0.345 e. The fourth-order valence-corrected chi connectivity index (χ4v) is 0.990. The molecule has 0 spiro atoms. The van der Waals surface area contributed by atoms with Gasteiger partial charge >= 0.3 is 5.97 Å². The minimum Gasteiger partial charge on any atom is -0.462 e. The molecule has 0 aliphatic carbocycles. The van der Waals surface area contributed by atoms with Crippen molar-refractivity contribution in [3.05, 3.63) is 9.81 Å². The van der Waals surface area contributed by atoms with Crippen molar-refractivity contribution < 1.29 is 9.53 Å². The van der Waals surface area contributed by atoms with E-state index in [9.17, 15) is 4.79 Å². The van der Waals surface area contributed by atoms with Gasteiger partial charge in [-0.05, 0) is 13.8 Å². The second kappa shape index (κ2) is 2.43. The molecule has 1 rings (SSSR count). The van der Waals surface area contributed by atoms with E-state index in [4.69, 9.17) is 4.74 Å². The molecule has 2 nitrogen and oxygen atoms in total. The minimum absolute atomic E-state index is 0.167. The zero-order valence-electron chi connectivity index (χ0n) is 5.43. The Hall–Kier alpha value is -0.440. The quantitative estimate of drug-likeness (QED) is 0.550. The number of ether oxygens (including phenoxy) is 1. The number of carbonyl (C=O) groups is 1. The summed E-state index contributed by atoms with van der Waals surface area (Å²) in [6.07, 6.45) is 0. The maximum atomic E-state index is 10.7. The van der Waals surface area contributed by atoms with E-state index in [2.05, 4.69) is 0 Å². The first-order valence-electron chi connectivity index (χ1n) is 2.81. The molecule has 0 aromatic rings. The summed E-state index contributed by atoms with van der Waals surface area (Å²) in [4.78, 5) is 12.6. The molecule has 0 fully saturated rings. The molecular formula is C6H8O2S. The molecule has 0 aromatic carbocycles. The summed E-state index contributed by atoms with van der Waals surface area (Å²) in [6.45, 7) is 4.19. The van der Waals surface area contributed by atoms with Gasteiger partial charge in [0.1, 0.15) is 4.91 Å². The highest BCUT2D eigenvalue weighted by Crippen LogP contribution is 2.44. The molecule has 0 radical (unpaired) electrons. The van der Waals surface area contributed by atoms with Gasteiger partial charge in [-0.15, -0.1) is 0 Å². The lowest BCUT2D eigenvalue weighted by molar-refractivity contribution is -0.137. The minimum atomic E-state index is -0.167. The van der Waals surface area contributed by atoms with Gasteiger partial charge in [-0.25, -0.2) is 4.79 Å². The van der Waals surface area contributed by atoms with Gasteiger partial charge in [0.2, 0.25) is 0 Å². The molecule has 0 aromatic heterocycles. The highest BCUT2D eigenvalue weighted by atomic mass is 32.2. The van der Waals surface area contributed by atoms with Gasteiger partial charge in [-0.3, -0.25) is 0 Å². The number of hydrogen-bond donors (Lipinski definition) is 0. The highest BCUT2D eigenvalue weighted by Gasteiger charge is 2.26. The van der Waals surface area contributed by atoms with Gasteiger partial charge in [0, 0.05) is 4.91 Å². The Labute approximate surface area is 58.3 Å². The Balaban J connectivity index is 2.37. The SMILES string of the molecule is CCOC(=O)C1=C(C)S1. The Morgan fingerprint density at radius 3 is 2.67 bits per heavy atom. The highest BCUT2D eigenvalue weighted by molar-refractivity contribution is 8.14. The first kappa shape index (κ1) is 6.68. The lowest BCUT2D eigenvalue weighted by atomic mass is 10.5. The summed E-state index contributed by atoms with van der Waals surface area (Å²) < 4.78 is 4.72. The summed E-state index contributed by atoms with van der Waals surface area (Å²) in [6, 6.07) is 0. The molecule has 1 aliphatic heterocycles. The summed E-state index contributed by atoms with van der Waals surface area (Å²) in [5.41, 5.74) is 0. The average molecular weight is 144 g/mol. The maximum absolute atomic E-state index is 10.7. The summed E-state index contributed by atoms with van der Waals surface area (Å²) in [7, 11) is 0. The Bertz CT molecular complexity index is 172. The predicted molar refractivity (Wildman–Crippen MR) is 36.9 cm³/mol. The Kier molecular flexibility index (Phi) is 1.81. The molecule has 0 N–H and O–H groups in total. The first-order valence-corrected chi connectivity index (χ1v) is 3.63. The van der Waals surface area contributed by atoms with Crippen LogP contribution in [0.2, 0.25) is 0 Å². The van der Waals surface area contributed by atoms with Crippen molar-refractivity contribution in [2.75, 3.05) is 6.61 Å². The van der Waals surface area contributed by atoms with Gasteiger partial charge in [0.15, 0.2) is 0 Å². The molecule has 9 heavy (non-hydrogen) atoms. The largest absolute Gasteiger partial charge is 0.462 e. The van der Waals surface area contributed by atoms with Crippen LogP contribution in [0.1, 0.15) is 13.8 Å². The van der Waals surface area contributed by atoms with E-state index in [0.29, 0.717) is 6.61 Å². The van der Waals surface area contributed by atoms with Crippen molar-refractivity contribution in [2.24, 2.45) is 0 Å². The van der Waals surface area contributed by atoms with Gasteiger partial charge in [-0.2, -0.15) is 0 Å². The normalized spacial score (nSPS) is 15.8. The fraction of sp³-hybridized carbons (Fsp3) is 0.500. The van der Waals surface area contributed by atoms with E-state index >= 15 is 0 Å². The third kappa shape index (κ3) is 1.48. The summed E-state index contributed by atoms with van der Waals surface area (Å²) >= 11 is 1.50. The van der Waals surface area contributed by atoms with Crippen LogP contribution in [0.4, 0.5) is 0 Å². The van der Waals surface area contributed by atoms with E-state index in [-0.39, 0.29) is 5.97 Å². The van der Waals surface area contributed by atoms with Crippen molar-refractivity contribution in [3.8, 4) is 0 Å². The number of carbonyl (C=O) groups excluding carboxylic acids is 1. The van der Waals surface area contributed by atoms with Crippen LogP contribution in [0, 0.1) is 0 Å². The van der Waals surface area contributed by atoms with Crippen LogP contribution in [-0.4, -0.2) is 12.6 Å². The van der Waals surface area contributed by atoms with E-state index in [1.165, 1.54) is 11.8 Å². The molecule has 1 heterocycles. The number of thioether (sulfide) groups is 1. The molecule has 0 bridgehead atoms. The van der Waals surface area contributed by atoms with Crippen molar-refractivity contribution in [2.45, 2.75) is 13.8 Å². The van der Waals surface area contributed by atoms with Crippen LogP contribution in [0.15, 0.2) is 9.81 Å². The van der Waals surface area contributed by atoms with Gasteiger partial charge in [0.05, 0.1) is 6.61 Å². The van der Waals surface area contributed by atoms with Crippen LogP contribution in [0.25, 0.3) is 0 Å². The Morgan fingerprint density at radius 2 is 2.33 bits per heavy atom. The molecule has 0 saturated carbocycles. The van der Waals surface area contributed by atoms with Gasteiger partial charge in [-0.1, -0.05) is 11.8 Å². The lowest BCUT2D eigenvalue weighted by Gasteiger charge is -1.92. The molecule has 0 amide bonds. The van der Waals surface area contributed by atoms with E-state index in [1.54, 1.807) is 6.92 Å². The first-order chi connectivity index (χ1) is 4.25. The predicted octanol–water partition coefficient (Wildman–Crippen LogP) is 1.53. The van der Waals surface area contributed by atoms with Crippen LogP contribution in [0.5, 0.6) is 0 Å². The number of allylic oxidation sites excluding steroid dienone is 1. The van der Waals surface area contributed by atoms with Gasteiger partial charge in [0.25, 0.3) is 0 Å². The van der Waals surface area contributed by atoms with Crippen molar-refractivity contribution in [1.82, 2.24) is 0 Å². The number of rotatable bonds is 2. The zero-order valence-corrected chi connectivity index (χ0v) is 6.25. The smallest absolute Gasteiger partial charge is 0.345 e. The van der Waals surface area contributed by atoms with Gasteiger partial charge < -0.3 is 4.74 Å². The second-order valence-electron chi connectivity index (χ2n) is 1.71. The van der Waals surface area contributed by atoms with Crippen LogP contribution in [0.3, 0.4) is 0 Å². The van der Waals surface area contributed by atoms with Crippen LogP contribution < -0.4 is 0 Å². The number of esters is 1. The molecule has 1 aliphatic rings. The second-order valence-corrected chi connectivity index (χ2v) is 2.93. The molecular weight excluding hydrogens is 136 g/mol. The third-order valence-electron chi connectivity index (χ3n) is 0.994. The summed E-state index contributed by atoms with van der Waals surface area (Å²) in [5.74, 6) is -0.167. The number of hydrogen-bond acceptors (Lipinski definition) is 3. The monoisotopic (exact) mass is 144 g/mol. The Morgan fingerprint density at radius 1 is 1.78 bits per heavy atom. The van der Waals surface area contributed by atoms with Crippen LogP contribution >= 0.6 is 11.8 Å². The molecule has 0 unspecified atom stereocenters. The van der Waals surface area contributed by atoms with E-state index < -0.39 is 0 Å². The molecule has 3 heteroatoms. The fourth-order valence-electron chi connectivity index (χ4n) is 0.510. The van der Waals surface area contributed by atoms with Crippen molar-refractivity contribution in [1.29, 1.82) is 0 Å². The molecule has 0 atom stereocenters. The standard InChI is InChI=1S/C6H8O2S/c1-3-8-6(7)5-4(2)9-5/h3H2,1-2H3. The van der Waals surface area contributed by atoms with Crippen molar-refractivity contribution >= 4 is 17.7 Å². The lowest BCUT2D eigenvalue weighted by Crippen LogP contribution is -1.99. The average Bonchev–Trinajstić information content (AvgIpc) is 2.47. The zero-order chi connectivity index (χ0) is 6.85. The molecule has 50 valence electrons. The van der Waals surface area contributed by atoms with E-state index in [0.717, 1.165) is 9.81 Å². The van der Waals surface area contributed by atoms with Crippen LogP contribution in [-0.2, 0) is 9.53 Å². The van der Waals surface area contributed by atoms with Crippen molar-refractivity contribution in [3.63, 3.8) is 0 Å². The third-order valence-corrected chi connectivity index (χ3v) is 1.98. The molecule has 0 saturated heterocycles. The summed E-state index contributed by atoms with van der Waals surface area (Å²) in [5, 5.41) is 0. The van der Waals surface area contributed by atoms with E-state index in [1.807, 2.05) is 6.92 Å².